The molecule has 0 radical (unpaired) electrons. The first-order valence-electron chi connectivity index (χ1n) is 7.48. The minimum atomic E-state index is -1.02. The molecule has 1 aromatic carbocycles. The molecule has 0 aliphatic heterocycles. The highest BCUT2D eigenvalue weighted by atomic mass is 79.9. The second-order valence-electron chi connectivity index (χ2n) is 5.75. The molecule has 23 heavy (non-hydrogen) atoms. The summed E-state index contributed by atoms with van der Waals surface area (Å²) >= 11 is 3.42. The van der Waals surface area contributed by atoms with Crippen LogP contribution in [-0.4, -0.2) is 28.0 Å². The van der Waals surface area contributed by atoms with Crippen molar-refractivity contribution in [2.75, 3.05) is 0 Å². The largest absolute Gasteiger partial charge is 0.480 e. The Morgan fingerprint density at radius 3 is 2.78 bits per heavy atom. The first kappa shape index (κ1) is 15.8. The Labute approximate surface area is 141 Å². The molecule has 1 amide bonds. The van der Waals surface area contributed by atoms with Crippen LogP contribution in [0.15, 0.2) is 41.0 Å². The molecule has 1 heterocycles. The van der Waals surface area contributed by atoms with Gasteiger partial charge in [0.25, 0.3) is 0 Å². The van der Waals surface area contributed by atoms with Gasteiger partial charge in [-0.05, 0) is 36.6 Å². The van der Waals surface area contributed by atoms with Crippen LogP contribution in [0.5, 0.6) is 0 Å². The number of amides is 1. The van der Waals surface area contributed by atoms with E-state index >= 15 is 0 Å². The van der Waals surface area contributed by atoms with E-state index < -0.39 is 12.0 Å². The minimum Gasteiger partial charge on any atom is -0.480 e. The van der Waals surface area contributed by atoms with Gasteiger partial charge in [0.1, 0.15) is 6.04 Å². The molecule has 1 aromatic heterocycles. The minimum absolute atomic E-state index is 0.144. The number of carboxylic acid groups (broad SMARTS) is 1. The van der Waals surface area contributed by atoms with E-state index in [2.05, 4.69) is 26.2 Å². The van der Waals surface area contributed by atoms with Gasteiger partial charge in [-0.15, -0.1) is 0 Å². The van der Waals surface area contributed by atoms with Gasteiger partial charge in [-0.2, -0.15) is 0 Å². The molecule has 1 unspecified atom stereocenters. The maximum atomic E-state index is 12.2. The molecule has 0 saturated heterocycles. The zero-order valence-electron chi connectivity index (χ0n) is 12.4. The van der Waals surface area contributed by atoms with Crippen molar-refractivity contribution in [1.82, 2.24) is 10.3 Å². The zero-order chi connectivity index (χ0) is 16.4. The molecule has 5 nitrogen and oxygen atoms in total. The average molecular weight is 377 g/mol. The molecule has 3 N–H and O–H groups in total. The topological polar surface area (TPSA) is 82.2 Å². The molecule has 3 rings (SSSR count). The molecule has 1 atom stereocenters. The van der Waals surface area contributed by atoms with E-state index in [0.29, 0.717) is 12.8 Å². The van der Waals surface area contributed by atoms with Gasteiger partial charge in [0, 0.05) is 33.9 Å². The molecule has 6 heteroatoms. The van der Waals surface area contributed by atoms with E-state index in [1.807, 2.05) is 30.4 Å². The van der Waals surface area contributed by atoms with Crippen LogP contribution in [0.2, 0.25) is 0 Å². The van der Waals surface area contributed by atoms with Crippen molar-refractivity contribution in [2.24, 2.45) is 5.92 Å². The first-order valence-corrected chi connectivity index (χ1v) is 8.27. The number of hydrogen-bond donors (Lipinski definition) is 3. The van der Waals surface area contributed by atoms with Crippen LogP contribution in [0.3, 0.4) is 0 Å². The highest BCUT2D eigenvalue weighted by Crippen LogP contribution is 2.24. The number of fused-ring (bicyclic) bond motifs is 1. The third kappa shape index (κ3) is 3.47. The molecule has 120 valence electrons. The molecule has 0 bridgehead atoms. The highest BCUT2D eigenvalue weighted by Gasteiger charge is 2.26. The van der Waals surface area contributed by atoms with E-state index in [4.69, 9.17) is 0 Å². The summed E-state index contributed by atoms with van der Waals surface area (Å²) in [6, 6.07) is 4.87. The predicted molar refractivity (Wildman–Crippen MR) is 91.1 cm³/mol. The smallest absolute Gasteiger partial charge is 0.326 e. The SMILES string of the molecule is O=C(NC(Cc1c[nH]c2ccc(Br)cc12)C(=O)O)C1CC=CC1. The standard InChI is InChI=1S/C17H17BrN2O3/c18-12-5-6-14-13(8-12)11(9-19-14)7-15(17(22)23)20-16(21)10-3-1-2-4-10/h1-2,5-6,8-10,15,19H,3-4,7H2,(H,20,21)(H,22,23). The second-order valence-corrected chi connectivity index (χ2v) is 6.66. The number of aliphatic carboxylic acids is 1. The van der Waals surface area contributed by atoms with Gasteiger partial charge >= 0.3 is 5.97 Å². The van der Waals surface area contributed by atoms with Crippen LogP contribution in [-0.2, 0) is 16.0 Å². The summed E-state index contributed by atoms with van der Waals surface area (Å²) in [6.45, 7) is 0. The number of halogens is 1. The van der Waals surface area contributed by atoms with E-state index in [1.54, 1.807) is 6.20 Å². The van der Waals surface area contributed by atoms with Crippen LogP contribution >= 0.6 is 15.9 Å². The van der Waals surface area contributed by atoms with Gasteiger partial charge in [-0.25, -0.2) is 4.79 Å². The number of allylic oxidation sites excluding steroid dienone is 2. The van der Waals surface area contributed by atoms with Gasteiger partial charge in [-0.1, -0.05) is 28.1 Å². The summed E-state index contributed by atoms with van der Waals surface area (Å²) in [6.07, 6.45) is 7.32. The number of aromatic nitrogens is 1. The van der Waals surface area contributed by atoms with Crippen molar-refractivity contribution in [1.29, 1.82) is 0 Å². The molecule has 0 fully saturated rings. The molecular formula is C17H17BrN2O3. The highest BCUT2D eigenvalue weighted by molar-refractivity contribution is 9.10. The third-order valence-electron chi connectivity index (χ3n) is 4.15. The normalized spacial score (nSPS) is 15.9. The Morgan fingerprint density at radius 2 is 2.09 bits per heavy atom. The summed E-state index contributed by atoms with van der Waals surface area (Å²) < 4.78 is 0.929. The summed E-state index contributed by atoms with van der Waals surface area (Å²) in [5.41, 5.74) is 1.82. The lowest BCUT2D eigenvalue weighted by molar-refractivity contribution is -0.142. The zero-order valence-corrected chi connectivity index (χ0v) is 14.0. The van der Waals surface area contributed by atoms with Crippen LogP contribution in [0.1, 0.15) is 18.4 Å². The van der Waals surface area contributed by atoms with Crippen molar-refractivity contribution < 1.29 is 14.7 Å². The fourth-order valence-corrected chi connectivity index (χ4v) is 3.22. The van der Waals surface area contributed by atoms with Crippen molar-refractivity contribution in [3.63, 3.8) is 0 Å². The van der Waals surface area contributed by atoms with Gasteiger partial charge in [0.15, 0.2) is 0 Å². The van der Waals surface area contributed by atoms with Gasteiger partial charge in [0.2, 0.25) is 5.91 Å². The number of carboxylic acids is 1. The quantitative estimate of drug-likeness (QED) is 0.701. The predicted octanol–water partition coefficient (Wildman–Crippen LogP) is 3.01. The van der Waals surface area contributed by atoms with Gasteiger partial charge < -0.3 is 15.4 Å². The Kier molecular flexibility index (Phi) is 4.52. The van der Waals surface area contributed by atoms with E-state index in [0.717, 1.165) is 20.9 Å². The Bertz CT molecular complexity index is 773. The molecule has 0 saturated carbocycles. The third-order valence-corrected chi connectivity index (χ3v) is 4.64. The molecule has 1 aliphatic carbocycles. The van der Waals surface area contributed by atoms with E-state index in [9.17, 15) is 14.7 Å². The number of hydrogen-bond acceptors (Lipinski definition) is 2. The number of aromatic amines is 1. The summed E-state index contributed by atoms with van der Waals surface area (Å²) in [4.78, 5) is 26.8. The summed E-state index contributed by atoms with van der Waals surface area (Å²) in [5, 5.41) is 13.1. The summed E-state index contributed by atoms with van der Waals surface area (Å²) in [5.74, 6) is -1.36. The van der Waals surface area contributed by atoms with Gasteiger partial charge in [-0.3, -0.25) is 4.79 Å². The van der Waals surface area contributed by atoms with Crippen molar-refractivity contribution >= 4 is 38.7 Å². The van der Waals surface area contributed by atoms with Crippen LogP contribution in [0, 0.1) is 5.92 Å². The molecule has 2 aromatic rings. The molecular weight excluding hydrogens is 360 g/mol. The Morgan fingerprint density at radius 1 is 1.35 bits per heavy atom. The number of H-pyrrole nitrogens is 1. The molecule has 0 spiro atoms. The van der Waals surface area contributed by atoms with E-state index in [1.165, 1.54) is 0 Å². The van der Waals surface area contributed by atoms with Gasteiger partial charge in [0.05, 0.1) is 0 Å². The fraction of sp³-hybridized carbons (Fsp3) is 0.294. The van der Waals surface area contributed by atoms with Crippen LogP contribution < -0.4 is 5.32 Å². The summed E-state index contributed by atoms with van der Waals surface area (Å²) in [7, 11) is 0. The second kappa shape index (κ2) is 6.58. The number of benzene rings is 1. The van der Waals surface area contributed by atoms with E-state index in [-0.39, 0.29) is 18.2 Å². The number of carbonyl (C=O) groups excluding carboxylic acids is 1. The lowest BCUT2D eigenvalue weighted by Crippen LogP contribution is -2.44. The number of carbonyl (C=O) groups is 2. The van der Waals surface area contributed by atoms with Crippen LogP contribution in [0.25, 0.3) is 10.9 Å². The Hall–Kier alpha value is -2.08. The monoisotopic (exact) mass is 376 g/mol. The maximum Gasteiger partial charge on any atom is 0.326 e. The maximum absolute atomic E-state index is 12.2. The van der Waals surface area contributed by atoms with Crippen molar-refractivity contribution in [3.05, 3.63) is 46.6 Å². The first-order chi connectivity index (χ1) is 11.0. The lowest BCUT2D eigenvalue weighted by Gasteiger charge is -2.17. The molecule has 1 aliphatic rings. The fourth-order valence-electron chi connectivity index (χ4n) is 2.86. The van der Waals surface area contributed by atoms with Crippen molar-refractivity contribution in [2.45, 2.75) is 25.3 Å². The Balaban J connectivity index is 1.77. The average Bonchev–Trinajstić information content (AvgIpc) is 3.16. The van der Waals surface area contributed by atoms with Crippen molar-refractivity contribution in [3.8, 4) is 0 Å². The van der Waals surface area contributed by atoms with Crippen LogP contribution in [0.4, 0.5) is 0 Å². The number of nitrogens with one attached hydrogen (secondary N) is 2. The number of rotatable bonds is 5. The lowest BCUT2D eigenvalue weighted by atomic mass is 10.0.